The minimum absolute atomic E-state index is 0.0613. The van der Waals surface area contributed by atoms with Crippen LogP contribution in [0.2, 0.25) is 0 Å². The number of nitro benzene ring substituents is 1. The van der Waals surface area contributed by atoms with Gasteiger partial charge in [-0.25, -0.2) is 4.79 Å². The van der Waals surface area contributed by atoms with Crippen molar-refractivity contribution in [2.75, 3.05) is 18.0 Å². The zero-order valence-corrected chi connectivity index (χ0v) is 13.9. The van der Waals surface area contributed by atoms with Crippen LogP contribution in [0.25, 0.3) is 0 Å². The summed E-state index contributed by atoms with van der Waals surface area (Å²) in [5, 5.41) is 11.1. The van der Waals surface area contributed by atoms with E-state index in [2.05, 4.69) is 0 Å². The number of benzene rings is 1. The predicted molar refractivity (Wildman–Crippen MR) is 88.1 cm³/mol. The zero-order chi connectivity index (χ0) is 18.0. The molecule has 0 aliphatic carbocycles. The van der Waals surface area contributed by atoms with E-state index in [9.17, 15) is 19.7 Å². The summed E-state index contributed by atoms with van der Waals surface area (Å²) in [6.45, 7) is 2.81. The lowest BCUT2D eigenvalue weighted by atomic mass is 9.96. The van der Waals surface area contributed by atoms with Crippen molar-refractivity contribution in [2.45, 2.75) is 38.4 Å². The molecule has 1 aromatic carbocycles. The van der Waals surface area contributed by atoms with E-state index in [1.807, 2.05) is 4.90 Å². The van der Waals surface area contributed by atoms with Gasteiger partial charge in [0.1, 0.15) is 11.8 Å². The van der Waals surface area contributed by atoms with Gasteiger partial charge in [-0.3, -0.25) is 14.9 Å². The molecule has 0 spiro atoms. The van der Waals surface area contributed by atoms with Crippen LogP contribution in [0.4, 0.5) is 11.4 Å². The first-order valence-electron chi connectivity index (χ1n) is 8.35. The fraction of sp³-hybridized carbons (Fsp3) is 0.529. The highest BCUT2D eigenvalue weighted by molar-refractivity contribution is 5.82. The summed E-state index contributed by atoms with van der Waals surface area (Å²) in [4.78, 5) is 36.5. The Morgan fingerprint density at radius 2 is 2.00 bits per heavy atom. The van der Waals surface area contributed by atoms with Gasteiger partial charge < -0.3 is 14.4 Å². The third-order valence-electron chi connectivity index (χ3n) is 4.63. The van der Waals surface area contributed by atoms with Gasteiger partial charge in [-0.2, -0.15) is 0 Å². The third kappa shape index (κ3) is 3.72. The van der Waals surface area contributed by atoms with Gasteiger partial charge in [0.25, 0.3) is 5.69 Å². The summed E-state index contributed by atoms with van der Waals surface area (Å²) in [7, 11) is 0. The highest BCUT2D eigenvalue weighted by atomic mass is 16.6. The SMILES string of the molecule is C[C@@H]1C[C@H](OC(=O)C2CCN(c3ccccc3[N+](=O)[O-])CC2)C(=O)O1. The van der Waals surface area contributed by atoms with Gasteiger partial charge in [0.15, 0.2) is 0 Å². The molecule has 25 heavy (non-hydrogen) atoms. The average Bonchev–Trinajstić information content (AvgIpc) is 2.92. The van der Waals surface area contributed by atoms with Gasteiger partial charge in [0.05, 0.1) is 10.8 Å². The largest absolute Gasteiger partial charge is 0.460 e. The van der Waals surface area contributed by atoms with Gasteiger partial charge in [0.2, 0.25) is 6.10 Å². The van der Waals surface area contributed by atoms with Crippen LogP contribution in [0.5, 0.6) is 0 Å². The van der Waals surface area contributed by atoms with E-state index in [4.69, 9.17) is 9.47 Å². The Bertz CT molecular complexity index is 683. The van der Waals surface area contributed by atoms with Crippen LogP contribution in [0.1, 0.15) is 26.2 Å². The molecule has 134 valence electrons. The number of hydrogen-bond acceptors (Lipinski definition) is 7. The van der Waals surface area contributed by atoms with Crippen molar-refractivity contribution >= 4 is 23.3 Å². The Labute approximate surface area is 144 Å². The normalized spacial score (nSPS) is 24.0. The standard InChI is InChI=1S/C17H20N2O6/c1-11-10-15(17(21)24-11)25-16(20)12-6-8-18(9-7-12)13-4-2-3-5-14(13)19(22)23/h2-5,11-12,15H,6-10H2,1H3/t11-,15+/m1/s1. The van der Waals surface area contributed by atoms with Crippen LogP contribution in [-0.4, -0.2) is 42.2 Å². The molecule has 0 amide bonds. The van der Waals surface area contributed by atoms with Crippen molar-refractivity contribution < 1.29 is 24.0 Å². The van der Waals surface area contributed by atoms with Crippen LogP contribution in [0.3, 0.4) is 0 Å². The lowest BCUT2D eigenvalue weighted by Gasteiger charge is -2.32. The lowest BCUT2D eigenvalue weighted by molar-refractivity contribution is -0.384. The summed E-state index contributed by atoms with van der Waals surface area (Å²) in [5.74, 6) is -1.18. The first kappa shape index (κ1) is 17.2. The van der Waals surface area contributed by atoms with Crippen LogP contribution in [0, 0.1) is 16.0 Å². The molecule has 0 bridgehead atoms. The van der Waals surface area contributed by atoms with Gasteiger partial charge >= 0.3 is 11.9 Å². The quantitative estimate of drug-likeness (QED) is 0.466. The first-order chi connectivity index (χ1) is 12.0. The highest BCUT2D eigenvalue weighted by Gasteiger charge is 2.37. The number of rotatable bonds is 4. The maximum Gasteiger partial charge on any atom is 0.347 e. The molecule has 8 nitrogen and oxygen atoms in total. The van der Waals surface area contributed by atoms with Crippen LogP contribution < -0.4 is 4.90 Å². The van der Waals surface area contributed by atoms with E-state index in [1.54, 1.807) is 25.1 Å². The number of hydrogen-bond donors (Lipinski definition) is 0. The van der Waals surface area contributed by atoms with Crippen molar-refractivity contribution in [3.05, 3.63) is 34.4 Å². The number of carbonyl (C=O) groups is 2. The average molecular weight is 348 g/mol. The Balaban J connectivity index is 1.58. The number of nitrogens with zero attached hydrogens (tertiary/aromatic N) is 2. The van der Waals surface area contributed by atoms with Crippen molar-refractivity contribution in [3.8, 4) is 0 Å². The number of carbonyl (C=O) groups excluding carboxylic acids is 2. The van der Waals surface area contributed by atoms with E-state index in [0.29, 0.717) is 38.0 Å². The van der Waals surface area contributed by atoms with Crippen molar-refractivity contribution in [2.24, 2.45) is 5.92 Å². The Hall–Kier alpha value is -2.64. The molecular formula is C17H20N2O6. The molecule has 2 heterocycles. The summed E-state index contributed by atoms with van der Waals surface area (Å²) < 4.78 is 10.3. The third-order valence-corrected chi connectivity index (χ3v) is 4.63. The second-order valence-corrected chi connectivity index (χ2v) is 6.42. The van der Waals surface area contributed by atoms with Gasteiger partial charge in [-0.15, -0.1) is 0 Å². The summed E-state index contributed by atoms with van der Waals surface area (Å²) in [6.07, 6.45) is 0.408. The Morgan fingerprint density at radius 1 is 1.32 bits per heavy atom. The molecule has 0 radical (unpaired) electrons. The monoisotopic (exact) mass is 348 g/mol. The number of piperidine rings is 1. The Morgan fingerprint density at radius 3 is 2.60 bits per heavy atom. The van der Waals surface area contributed by atoms with Gasteiger partial charge in [-0.05, 0) is 25.8 Å². The van der Waals surface area contributed by atoms with Crippen LogP contribution in [0.15, 0.2) is 24.3 Å². The van der Waals surface area contributed by atoms with E-state index >= 15 is 0 Å². The van der Waals surface area contributed by atoms with Crippen molar-refractivity contribution in [1.29, 1.82) is 0 Å². The van der Waals surface area contributed by atoms with E-state index in [0.717, 1.165) is 0 Å². The molecule has 0 unspecified atom stereocenters. The maximum atomic E-state index is 12.3. The Kier molecular flexibility index (Phi) is 4.87. The summed E-state index contributed by atoms with van der Waals surface area (Å²) in [6, 6.07) is 6.58. The number of anilines is 1. The molecule has 2 aliphatic rings. The van der Waals surface area contributed by atoms with E-state index in [-0.39, 0.29) is 17.7 Å². The smallest absolute Gasteiger partial charge is 0.347 e. The fourth-order valence-corrected chi connectivity index (χ4v) is 3.29. The molecule has 8 heteroatoms. The molecule has 0 N–H and O–H groups in total. The number of nitro groups is 1. The molecule has 2 aliphatic heterocycles. The summed E-state index contributed by atoms with van der Waals surface area (Å²) in [5.41, 5.74) is 0.624. The number of cyclic esters (lactones) is 1. The molecule has 0 saturated carbocycles. The molecule has 2 fully saturated rings. The van der Waals surface area contributed by atoms with Crippen LogP contribution >= 0.6 is 0 Å². The second kappa shape index (κ2) is 7.08. The predicted octanol–water partition coefficient (Wildman–Crippen LogP) is 2.06. The molecule has 2 saturated heterocycles. The molecule has 2 atom stereocenters. The van der Waals surface area contributed by atoms with Crippen molar-refractivity contribution in [1.82, 2.24) is 0 Å². The zero-order valence-electron chi connectivity index (χ0n) is 13.9. The molecule has 1 aromatic rings. The first-order valence-corrected chi connectivity index (χ1v) is 8.35. The van der Waals surface area contributed by atoms with Gasteiger partial charge in [-0.1, -0.05) is 12.1 Å². The maximum absolute atomic E-state index is 12.3. The van der Waals surface area contributed by atoms with E-state index in [1.165, 1.54) is 6.07 Å². The minimum atomic E-state index is -0.809. The van der Waals surface area contributed by atoms with Crippen molar-refractivity contribution in [3.63, 3.8) is 0 Å². The molecule has 0 aromatic heterocycles. The van der Waals surface area contributed by atoms with E-state index < -0.39 is 23.0 Å². The second-order valence-electron chi connectivity index (χ2n) is 6.42. The topological polar surface area (TPSA) is 99.0 Å². The number of ether oxygens (including phenoxy) is 2. The van der Waals surface area contributed by atoms with Crippen LogP contribution in [-0.2, 0) is 19.1 Å². The number of para-hydroxylation sites is 2. The highest BCUT2D eigenvalue weighted by Crippen LogP contribution is 2.31. The fourth-order valence-electron chi connectivity index (χ4n) is 3.29. The lowest BCUT2D eigenvalue weighted by Crippen LogP contribution is -2.38. The van der Waals surface area contributed by atoms with Gasteiger partial charge in [0, 0.05) is 25.6 Å². The number of esters is 2. The minimum Gasteiger partial charge on any atom is -0.460 e. The molecule has 3 rings (SSSR count). The summed E-state index contributed by atoms with van der Waals surface area (Å²) >= 11 is 0. The molecular weight excluding hydrogens is 328 g/mol.